The fourth-order valence-corrected chi connectivity index (χ4v) is 1.87. The maximum Gasteiger partial charge on any atom is 0.334 e. The van der Waals surface area contributed by atoms with Gasteiger partial charge in [-0.3, -0.25) is 9.68 Å². The van der Waals surface area contributed by atoms with Gasteiger partial charge in [-0.1, -0.05) is 0 Å². The molecule has 0 saturated heterocycles. The summed E-state index contributed by atoms with van der Waals surface area (Å²) < 4.78 is 10.3. The third-order valence-electron chi connectivity index (χ3n) is 2.61. The Labute approximate surface area is 104 Å². The van der Waals surface area contributed by atoms with Crippen molar-refractivity contribution in [3.63, 3.8) is 0 Å². The minimum Gasteiger partial charge on any atom is -0.457 e. The molecule has 1 fully saturated rings. The topological polar surface area (TPSA) is 123 Å². The largest absolute Gasteiger partial charge is 0.457 e. The molecule has 18 heavy (non-hydrogen) atoms. The van der Waals surface area contributed by atoms with Crippen molar-refractivity contribution >= 4 is 11.9 Å². The molecule has 4 N–H and O–H groups in total. The number of nitrogens with two attached hydrogens (primary N) is 2. The minimum atomic E-state index is -0.583. The van der Waals surface area contributed by atoms with Crippen molar-refractivity contribution < 1.29 is 28.7 Å². The average molecular weight is 262 g/mol. The number of hydrogen-bond acceptors (Lipinski definition) is 8. The van der Waals surface area contributed by atoms with Crippen LogP contribution < -0.4 is 11.8 Å². The van der Waals surface area contributed by atoms with E-state index in [0.717, 1.165) is 12.8 Å². The lowest BCUT2D eigenvalue weighted by Gasteiger charge is -2.30. The molecule has 0 radical (unpaired) electrons. The van der Waals surface area contributed by atoms with Crippen LogP contribution in [0.2, 0.25) is 0 Å². The molecule has 1 saturated carbocycles. The van der Waals surface area contributed by atoms with E-state index in [2.05, 4.69) is 9.68 Å². The van der Waals surface area contributed by atoms with Crippen LogP contribution in [0.5, 0.6) is 0 Å². The lowest BCUT2D eigenvalue weighted by Crippen LogP contribution is -2.39. The average Bonchev–Trinajstić information content (AvgIpc) is 2.32. The highest BCUT2D eigenvalue weighted by Gasteiger charge is 2.31. The summed E-state index contributed by atoms with van der Waals surface area (Å²) in [4.78, 5) is 30.9. The van der Waals surface area contributed by atoms with Crippen LogP contribution in [0, 0.1) is 0 Å². The molecule has 0 aromatic heterocycles. The monoisotopic (exact) mass is 262 g/mol. The number of ether oxygens (including phenoxy) is 2. The molecule has 1 rings (SSSR count). The van der Waals surface area contributed by atoms with E-state index in [-0.39, 0.29) is 13.2 Å². The standard InChI is InChI=1S/C10H18N2O6/c11-15-5-9(13)17-7-3-1-2-4-8(7)18-10(14)6-16-12/h7-8H,1-6,11-12H2. The molecule has 0 aliphatic heterocycles. The summed E-state index contributed by atoms with van der Waals surface area (Å²) in [6.07, 6.45) is 2.15. The lowest BCUT2D eigenvalue weighted by atomic mass is 9.94. The van der Waals surface area contributed by atoms with Crippen molar-refractivity contribution in [2.45, 2.75) is 37.9 Å². The van der Waals surface area contributed by atoms with Gasteiger partial charge in [-0.2, -0.15) is 0 Å². The number of carbonyl (C=O) groups excluding carboxylic acids is 2. The quantitative estimate of drug-likeness (QED) is 0.469. The summed E-state index contributed by atoms with van der Waals surface area (Å²) in [7, 11) is 0. The van der Waals surface area contributed by atoms with Gasteiger partial charge in [0, 0.05) is 0 Å². The zero-order valence-corrected chi connectivity index (χ0v) is 10.0. The van der Waals surface area contributed by atoms with Crippen LogP contribution in [-0.2, 0) is 28.7 Å². The van der Waals surface area contributed by atoms with Gasteiger partial charge in [0.25, 0.3) is 0 Å². The highest BCUT2D eigenvalue weighted by molar-refractivity contribution is 5.72. The molecule has 0 spiro atoms. The minimum absolute atomic E-state index is 0.330. The highest BCUT2D eigenvalue weighted by Crippen LogP contribution is 2.24. The van der Waals surface area contributed by atoms with Gasteiger partial charge in [-0.25, -0.2) is 21.4 Å². The van der Waals surface area contributed by atoms with Crippen molar-refractivity contribution in [2.24, 2.45) is 11.8 Å². The van der Waals surface area contributed by atoms with E-state index in [9.17, 15) is 9.59 Å². The summed E-state index contributed by atoms with van der Waals surface area (Å²) in [5, 5.41) is 0. The molecule has 2 atom stereocenters. The SMILES string of the molecule is NOCC(=O)OC1CCCCC1OC(=O)CON. The van der Waals surface area contributed by atoms with E-state index in [0.29, 0.717) is 12.8 Å². The molecule has 0 aromatic carbocycles. The van der Waals surface area contributed by atoms with Crippen LogP contribution in [0.1, 0.15) is 25.7 Å². The van der Waals surface area contributed by atoms with Crippen LogP contribution in [0.3, 0.4) is 0 Å². The molecule has 2 unspecified atom stereocenters. The Morgan fingerprint density at radius 1 is 0.889 bits per heavy atom. The van der Waals surface area contributed by atoms with Gasteiger partial charge in [-0.15, -0.1) is 0 Å². The molecule has 0 aromatic rings. The molecular weight excluding hydrogens is 244 g/mol. The Morgan fingerprint density at radius 2 is 1.28 bits per heavy atom. The van der Waals surface area contributed by atoms with E-state index in [1.807, 2.05) is 0 Å². The molecule has 0 heterocycles. The smallest absolute Gasteiger partial charge is 0.334 e. The summed E-state index contributed by atoms with van der Waals surface area (Å²) in [6, 6.07) is 0. The van der Waals surface area contributed by atoms with Gasteiger partial charge in [0.05, 0.1) is 0 Å². The first-order valence-corrected chi connectivity index (χ1v) is 5.69. The van der Waals surface area contributed by atoms with E-state index < -0.39 is 24.1 Å². The maximum absolute atomic E-state index is 11.3. The van der Waals surface area contributed by atoms with Gasteiger partial charge in [0.2, 0.25) is 0 Å². The van der Waals surface area contributed by atoms with Crippen molar-refractivity contribution in [1.29, 1.82) is 0 Å². The molecule has 8 heteroatoms. The molecule has 1 aliphatic rings. The Morgan fingerprint density at radius 3 is 1.61 bits per heavy atom. The van der Waals surface area contributed by atoms with Crippen molar-refractivity contribution in [3.8, 4) is 0 Å². The number of carbonyl (C=O) groups is 2. The van der Waals surface area contributed by atoms with Crippen LogP contribution in [0.15, 0.2) is 0 Å². The summed E-state index contributed by atoms with van der Waals surface area (Å²) in [5.74, 6) is 8.38. The van der Waals surface area contributed by atoms with Gasteiger partial charge >= 0.3 is 11.9 Å². The third kappa shape index (κ3) is 4.96. The third-order valence-corrected chi connectivity index (χ3v) is 2.61. The Balaban J connectivity index is 2.46. The van der Waals surface area contributed by atoms with E-state index in [1.165, 1.54) is 0 Å². The number of hydrogen-bond donors (Lipinski definition) is 2. The molecule has 0 bridgehead atoms. The van der Waals surface area contributed by atoms with Gasteiger partial charge in [-0.05, 0) is 25.7 Å². The Bertz CT molecular complexity index is 258. The maximum atomic E-state index is 11.3. The fourth-order valence-electron chi connectivity index (χ4n) is 1.87. The fraction of sp³-hybridized carbons (Fsp3) is 0.800. The number of rotatable bonds is 6. The molecular formula is C10H18N2O6. The van der Waals surface area contributed by atoms with Gasteiger partial charge in [0.1, 0.15) is 12.2 Å². The van der Waals surface area contributed by atoms with Crippen LogP contribution in [0.4, 0.5) is 0 Å². The zero-order valence-electron chi connectivity index (χ0n) is 10.0. The van der Waals surface area contributed by atoms with Crippen LogP contribution >= 0.6 is 0 Å². The van der Waals surface area contributed by atoms with Gasteiger partial charge < -0.3 is 9.47 Å². The first-order valence-electron chi connectivity index (χ1n) is 5.69. The highest BCUT2D eigenvalue weighted by atomic mass is 16.7. The van der Waals surface area contributed by atoms with E-state index in [1.54, 1.807) is 0 Å². The van der Waals surface area contributed by atoms with Crippen molar-refractivity contribution in [1.82, 2.24) is 0 Å². The molecule has 0 amide bonds. The van der Waals surface area contributed by atoms with Crippen molar-refractivity contribution in [3.05, 3.63) is 0 Å². The second-order valence-corrected chi connectivity index (χ2v) is 3.96. The second kappa shape index (κ2) is 7.98. The van der Waals surface area contributed by atoms with Gasteiger partial charge in [0.15, 0.2) is 13.2 Å². The normalized spacial score (nSPS) is 23.4. The second-order valence-electron chi connectivity index (χ2n) is 3.96. The van der Waals surface area contributed by atoms with Crippen LogP contribution in [-0.4, -0.2) is 37.4 Å². The number of esters is 2. The first-order chi connectivity index (χ1) is 8.67. The van der Waals surface area contributed by atoms with E-state index in [4.69, 9.17) is 21.3 Å². The van der Waals surface area contributed by atoms with Crippen LogP contribution in [0.25, 0.3) is 0 Å². The Kier molecular flexibility index (Phi) is 6.58. The molecule has 8 nitrogen and oxygen atoms in total. The first kappa shape index (κ1) is 14.8. The predicted molar refractivity (Wildman–Crippen MR) is 58.5 cm³/mol. The molecule has 1 aliphatic carbocycles. The predicted octanol–water partition coefficient (Wildman–Crippen LogP) is -0.835. The van der Waals surface area contributed by atoms with Crippen molar-refractivity contribution in [2.75, 3.05) is 13.2 Å². The zero-order chi connectivity index (χ0) is 13.4. The van der Waals surface area contributed by atoms with E-state index >= 15 is 0 Å². The molecule has 104 valence electrons. The summed E-state index contributed by atoms with van der Waals surface area (Å²) >= 11 is 0. The summed E-state index contributed by atoms with van der Waals surface area (Å²) in [5.41, 5.74) is 0. The summed E-state index contributed by atoms with van der Waals surface area (Å²) in [6.45, 7) is -0.661. The Hall–Kier alpha value is -1.22. The lowest BCUT2D eigenvalue weighted by molar-refractivity contribution is -0.177.